The lowest BCUT2D eigenvalue weighted by atomic mass is 10.2. The predicted molar refractivity (Wildman–Crippen MR) is 39.5 cm³/mol. The van der Waals surface area contributed by atoms with E-state index in [0.29, 0.717) is 0 Å². The topological polar surface area (TPSA) is 34.1 Å². The van der Waals surface area contributed by atoms with Crippen molar-refractivity contribution in [3.63, 3.8) is 0 Å². The average molecular weight is 174 g/mol. The maximum atomic E-state index is 12.3. The number of hydrogen-bond acceptors (Lipinski definition) is 2. The van der Waals surface area contributed by atoms with Crippen LogP contribution >= 0.6 is 0 Å². The molecule has 1 aromatic carbocycles. The number of rotatable bonds is 1. The second-order valence-electron chi connectivity index (χ2n) is 2.25. The van der Waals surface area contributed by atoms with Crippen LogP contribution in [0.15, 0.2) is 29.2 Å². The molecular formula is C7H7FO2S. The Balaban J connectivity index is 3.28. The van der Waals surface area contributed by atoms with Gasteiger partial charge in [-0.3, -0.25) is 0 Å². The number of aryl methyl sites for hydroxylation is 1. The first-order valence-electron chi connectivity index (χ1n) is 3.01. The first-order chi connectivity index (χ1) is 5.00. The summed E-state index contributed by atoms with van der Waals surface area (Å²) in [6.45, 7) is 1.70. The Hall–Kier alpha value is -0.900. The van der Waals surface area contributed by atoms with E-state index in [1.54, 1.807) is 13.0 Å². The van der Waals surface area contributed by atoms with E-state index in [0.717, 1.165) is 5.56 Å². The molecule has 0 aromatic heterocycles. The molecule has 0 saturated carbocycles. The van der Waals surface area contributed by atoms with Crippen molar-refractivity contribution in [1.82, 2.24) is 0 Å². The average Bonchev–Trinajstić information content (AvgIpc) is 1.86. The summed E-state index contributed by atoms with van der Waals surface area (Å²) in [7, 11) is -4.53. The van der Waals surface area contributed by atoms with E-state index in [9.17, 15) is 12.3 Å². The number of halogens is 1. The van der Waals surface area contributed by atoms with Crippen LogP contribution in [0.5, 0.6) is 0 Å². The van der Waals surface area contributed by atoms with Gasteiger partial charge in [0.15, 0.2) is 0 Å². The van der Waals surface area contributed by atoms with Gasteiger partial charge < -0.3 is 0 Å². The van der Waals surface area contributed by atoms with Crippen molar-refractivity contribution in [3.8, 4) is 0 Å². The highest BCUT2D eigenvalue weighted by Crippen LogP contribution is 2.12. The molecule has 0 fully saturated rings. The summed E-state index contributed by atoms with van der Waals surface area (Å²) in [5.74, 6) is 0. The second kappa shape index (κ2) is 2.62. The van der Waals surface area contributed by atoms with Gasteiger partial charge in [-0.1, -0.05) is 12.1 Å². The highest BCUT2D eigenvalue weighted by Gasteiger charge is 2.10. The Bertz CT molecular complexity index is 356. The standard InChI is InChI=1S/C7H7FO2S/c1-6-3-2-4-7(5-6)11(8,9)10/h2-5H,1H3. The van der Waals surface area contributed by atoms with Crippen molar-refractivity contribution in [2.24, 2.45) is 0 Å². The van der Waals surface area contributed by atoms with Crippen LogP contribution in [0, 0.1) is 6.92 Å². The van der Waals surface area contributed by atoms with Gasteiger partial charge in [-0.2, -0.15) is 8.42 Å². The maximum absolute atomic E-state index is 12.3. The fourth-order valence-electron chi connectivity index (χ4n) is 0.767. The molecule has 0 atom stereocenters. The smallest absolute Gasteiger partial charge is 0.189 e. The SMILES string of the molecule is Cc1cccc(S(=O)(=O)F)c1. The zero-order chi connectivity index (χ0) is 8.48. The Morgan fingerprint density at radius 2 is 2.00 bits per heavy atom. The summed E-state index contributed by atoms with van der Waals surface area (Å²) < 4.78 is 32.9. The third kappa shape index (κ3) is 2.01. The molecule has 0 aliphatic carbocycles. The van der Waals surface area contributed by atoms with Gasteiger partial charge in [0.1, 0.15) is 0 Å². The molecule has 0 saturated heterocycles. The first kappa shape index (κ1) is 8.20. The van der Waals surface area contributed by atoms with Crippen LogP contribution in [0.25, 0.3) is 0 Å². The minimum absolute atomic E-state index is 0.280. The maximum Gasteiger partial charge on any atom is 0.332 e. The summed E-state index contributed by atoms with van der Waals surface area (Å²) in [4.78, 5) is -0.280. The van der Waals surface area contributed by atoms with E-state index in [4.69, 9.17) is 0 Å². The highest BCUT2D eigenvalue weighted by molar-refractivity contribution is 7.86. The zero-order valence-corrected chi connectivity index (χ0v) is 6.73. The summed E-state index contributed by atoms with van der Waals surface area (Å²) in [5.41, 5.74) is 0.726. The van der Waals surface area contributed by atoms with E-state index in [1.165, 1.54) is 18.2 Å². The van der Waals surface area contributed by atoms with Crippen molar-refractivity contribution in [2.45, 2.75) is 11.8 Å². The molecule has 2 nitrogen and oxygen atoms in total. The van der Waals surface area contributed by atoms with Crippen LogP contribution < -0.4 is 0 Å². The van der Waals surface area contributed by atoms with Crippen molar-refractivity contribution in [3.05, 3.63) is 29.8 Å². The molecule has 0 heterocycles. The lowest BCUT2D eigenvalue weighted by Gasteiger charge is -1.94. The molecule has 11 heavy (non-hydrogen) atoms. The zero-order valence-electron chi connectivity index (χ0n) is 5.91. The summed E-state index contributed by atoms with van der Waals surface area (Å²) in [6, 6.07) is 5.72. The molecule has 0 aliphatic rings. The number of hydrogen-bond donors (Lipinski definition) is 0. The Kier molecular flexibility index (Phi) is 1.95. The predicted octanol–water partition coefficient (Wildman–Crippen LogP) is 1.65. The lowest BCUT2D eigenvalue weighted by molar-refractivity contribution is 0.552. The monoisotopic (exact) mass is 174 g/mol. The van der Waals surface area contributed by atoms with E-state index in [1.807, 2.05) is 0 Å². The molecule has 0 N–H and O–H groups in total. The lowest BCUT2D eigenvalue weighted by Crippen LogP contribution is -1.91. The molecule has 0 bridgehead atoms. The minimum atomic E-state index is -4.53. The number of benzene rings is 1. The Labute approximate surface area is 64.9 Å². The van der Waals surface area contributed by atoms with Crippen molar-refractivity contribution in [1.29, 1.82) is 0 Å². The molecule has 60 valence electrons. The summed E-state index contributed by atoms with van der Waals surface area (Å²) in [6.07, 6.45) is 0. The van der Waals surface area contributed by atoms with Crippen LogP contribution in [-0.2, 0) is 10.2 Å². The minimum Gasteiger partial charge on any atom is -0.189 e. The van der Waals surface area contributed by atoms with Gasteiger partial charge in [-0.25, -0.2) is 0 Å². The van der Waals surface area contributed by atoms with E-state index in [2.05, 4.69) is 0 Å². The van der Waals surface area contributed by atoms with Gasteiger partial charge in [0, 0.05) is 0 Å². The molecule has 1 aromatic rings. The quantitative estimate of drug-likeness (QED) is 0.607. The van der Waals surface area contributed by atoms with Crippen LogP contribution in [0.3, 0.4) is 0 Å². The summed E-state index contributed by atoms with van der Waals surface area (Å²) >= 11 is 0. The van der Waals surface area contributed by atoms with E-state index < -0.39 is 10.2 Å². The van der Waals surface area contributed by atoms with Gasteiger partial charge in [0.2, 0.25) is 0 Å². The molecule has 0 amide bonds. The van der Waals surface area contributed by atoms with Crippen molar-refractivity contribution in [2.75, 3.05) is 0 Å². The first-order valence-corrected chi connectivity index (χ1v) is 4.40. The van der Waals surface area contributed by atoms with Crippen molar-refractivity contribution >= 4 is 10.2 Å². The third-order valence-corrected chi connectivity index (χ3v) is 2.09. The molecule has 0 spiro atoms. The molecular weight excluding hydrogens is 167 g/mol. The van der Waals surface area contributed by atoms with Gasteiger partial charge in [-0.05, 0) is 24.6 Å². The van der Waals surface area contributed by atoms with Gasteiger partial charge in [0.25, 0.3) is 0 Å². The molecule has 0 aliphatic heterocycles. The largest absolute Gasteiger partial charge is 0.332 e. The van der Waals surface area contributed by atoms with Crippen LogP contribution in [0.2, 0.25) is 0 Å². The summed E-state index contributed by atoms with van der Waals surface area (Å²) in [5, 5.41) is 0. The molecule has 0 unspecified atom stereocenters. The van der Waals surface area contributed by atoms with Crippen LogP contribution in [-0.4, -0.2) is 8.42 Å². The van der Waals surface area contributed by atoms with E-state index in [-0.39, 0.29) is 4.90 Å². The Morgan fingerprint density at radius 1 is 1.36 bits per heavy atom. The molecule has 0 radical (unpaired) electrons. The fraction of sp³-hybridized carbons (Fsp3) is 0.143. The van der Waals surface area contributed by atoms with Crippen LogP contribution in [0.4, 0.5) is 3.89 Å². The normalized spacial score (nSPS) is 11.5. The highest BCUT2D eigenvalue weighted by atomic mass is 32.3. The van der Waals surface area contributed by atoms with Gasteiger partial charge in [-0.15, -0.1) is 3.89 Å². The van der Waals surface area contributed by atoms with E-state index >= 15 is 0 Å². The van der Waals surface area contributed by atoms with Gasteiger partial charge in [0.05, 0.1) is 4.90 Å². The van der Waals surface area contributed by atoms with Crippen molar-refractivity contribution < 1.29 is 12.3 Å². The fourth-order valence-corrected chi connectivity index (χ4v) is 1.33. The third-order valence-electron chi connectivity index (χ3n) is 1.27. The molecule has 1 rings (SSSR count). The van der Waals surface area contributed by atoms with Crippen LogP contribution in [0.1, 0.15) is 5.56 Å². The Morgan fingerprint density at radius 3 is 2.36 bits per heavy atom. The van der Waals surface area contributed by atoms with Gasteiger partial charge >= 0.3 is 10.2 Å². The molecule has 4 heteroatoms. The second-order valence-corrected chi connectivity index (χ2v) is 3.60.